The Hall–Kier alpha value is -1.97. The number of nitrogen functional groups attached to an aromatic ring is 1. The second-order valence-electron chi connectivity index (χ2n) is 2.37. The zero-order chi connectivity index (χ0) is 9.68. The van der Waals surface area contributed by atoms with Gasteiger partial charge in [0, 0.05) is 5.56 Å². The number of nitriles is 1. The molecule has 0 bridgehead atoms. The molecule has 0 atom stereocenters. The molecule has 0 spiro atoms. The molecular formula is C10H8N2O. The Morgan fingerprint density at radius 2 is 2.23 bits per heavy atom. The number of anilines is 1. The van der Waals surface area contributed by atoms with Gasteiger partial charge in [-0.3, -0.25) is 0 Å². The summed E-state index contributed by atoms with van der Waals surface area (Å²) in [5.41, 5.74) is 7.10. The van der Waals surface area contributed by atoms with Crippen LogP contribution in [0.25, 0.3) is 0 Å². The van der Waals surface area contributed by atoms with Crippen LogP contribution in [-0.2, 0) is 0 Å². The van der Waals surface area contributed by atoms with Crippen molar-refractivity contribution in [2.45, 2.75) is 0 Å². The number of aliphatic hydroxyl groups excluding tert-OH is 1. The summed E-state index contributed by atoms with van der Waals surface area (Å²) >= 11 is 0. The number of aliphatic hydroxyl groups is 1. The topological polar surface area (TPSA) is 70.0 Å². The van der Waals surface area contributed by atoms with Crippen molar-refractivity contribution in [1.82, 2.24) is 0 Å². The lowest BCUT2D eigenvalue weighted by Crippen LogP contribution is -1.90. The molecule has 64 valence electrons. The van der Waals surface area contributed by atoms with E-state index in [1.807, 2.05) is 6.07 Å². The van der Waals surface area contributed by atoms with E-state index in [9.17, 15) is 0 Å². The van der Waals surface area contributed by atoms with Crippen LogP contribution < -0.4 is 5.73 Å². The highest BCUT2D eigenvalue weighted by Gasteiger charge is 1.96. The molecule has 0 aliphatic carbocycles. The van der Waals surface area contributed by atoms with Gasteiger partial charge < -0.3 is 10.8 Å². The molecule has 0 aliphatic rings. The summed E-state index contributed by atoms with van der Waals surface area (Å²) in [5, 5.41) is 17.0. The Kier molecular flexibility index (Phi) is 2.92. The Morgan fingerprint density at radius 3 is 2.77 bits per heavy atom. The molecule has 0 radical (unpaired) electrons. The maximum atomic E-state index is 8.58. The number of hydrogen-bond acceptors (Lipinski definition) is 3. The Balaban J connectivity index is 3.04. The zero-order valence-corrected chi connectivity index (χ0v) is 6.91. The third-order valence-electron chi connectivity index (χ3n) is 1.48. The van der Waals surface area contributed by atoms with Crippen molar-refractivity contribution in [3.63, 3.8) is 0 Å². The molecule has 0 aromatic heterocycles. The zero-order valence-electron chi connectivity index (χ0n) is 6.91. The molecule has 0 aliphatic heterocycles. The fourth-order valence-corrected chi connectivity index (χ4v) is 0.884. The fraction of sp³-hybridized carbons (Fsp3) is 0.100. The van der Waals surface area contributed by atoms with E-state index in [-0.39, 0.29) is 6.61 Å². The van der Waals surface area contributed by atoms with Crippen LogP contribution in [0.3, 0.4) is 0 Å². The molecule has 1 aromatic carbocycles. The quantitative estimate of drug-likeness (QED) is 0.442. The molecule has 0 heterocycles. The average Bonchev–Trinajstić information content (AvgIpc) is 2.15. The summed E-state index contributed by atoms with van der Waals surface area (Å²) in [5.74, 6) is 5.19. The number of benzene rings is 1. The van der Waals surface area contributed by atoms with Crippen molar-refractivity contribution in [2.24, 2.45) is 0 Å². The van der Waals surface area contributed by atoms with Gasteiger partial charge in [0.2, 0.25) is 0 Å². The predicted octanol–water partition coefficient (Wildman–Crippen LogP) is 0.484. The fourth-order valence-electron chi connectivity index (χ4n) is 0.884. The normalized spacial score (nSPS) is 8.31. The van der Waals surface area contributed by atoms with E-state index in [4.69, 9.17) is 16.1 Å². The van der Waals surface area contributed by atoms with Gasteiger partial charge in [-0.15, -0.1) is 0 Å². The number of rotatable bonds is 0. The minimum Gasteiger partial charge on any atom is -0.398 e. The molecule has 0 saturated heterocycles. The summed E-state index contributed by atoms with van der Waals surface area (Å²) in [6.07, 6.45) is 0. The molecule has 1 aromatic rings. The summed E-state index contributed by atoms with van der Waals surface area (Å²) in [6, 6.07) is 6.87. The van der Waals surface area contributed by atoms with Gasteiger partial charge in [-0.05, 0) is 18.2 Å². The molecule has 3 heteroatoms. The van der Waals surface area contributed by atoms with Crippen LogP contribution in [0.15, 0.2) is 18.2 Å². The third-order valence-corrected chi connectivity index (χ3v) is 1.48. The van der Waals surface area contributed by atoms with Crippen LogP contribution in [0.4, 0.5) is 5.69 Å². The molecular weight excluding hydrogens is 164 g/mol. The first-order chi connectivity index (χ1) is 6.27. The van der Waals surface area contributed by atoms with Gasteiger partial charge in [-0.1, -0.05) is 11.8 Å². The van der Waals surface area contributed by atoms with E-state index < -0.39 is 0 Å². The number of nitrogens with zero attached hydrogens (tertiary/aromatic N) is 1. The maximum absolute atomic E-state index is 8.58. The summed E-state index contributed by atoms with van der Waals surface area (Å²) < 4.78 is 0. The van der Waals surface area contributed by atoms with Gasteiger partial charge in [0.15, 0.2) is 0 Å². The van der Waals surface area contributed by atoms with Gasteiger partial charge in [0.25, 0.3) is 0 Å². The minimum atomic E-state index is -0.181. The van der Waals surface area contributed by atoms with E-state index >= 15 is 0 Å². The predicted molar refractivity (Wildman–Crippen MR) is 49.5 cm³/mol. The van der Waals surface area contributed by atoms with Crippen molar-refractivity contribution in [1.29, 1.82) is 5.26 Å². The van der Waals surface area contributed by atoms with Crippen molar-refractivity contribution in [3.8, 4) is 17.9 Å². The second kappa shape index (κ2) is 4.15. The molecule has 3 N–H and O–H groups in total. The third kappa shape index (κ3) is 2.23. The molecule has 3 nitrogen and oxygen atoms in total. The molecule has 13 heavy (non-hydrogen) atoms. The first-order valence-corrected chi connectivity index (χ1v) is 3.67. The highest BCUT2D eigenvalue weighted by atomic mass is 16.2. The Morgan fingerprint density at radius 1 is 1.46 bits per heavy atom. The molecule has 1 rings (SSSR count). The highest BCUT2D eigenvalue weighted by Crippen LogP contribution is 2.11. The van der Waals surface area contributed by atoms with E-state index in [0.717, 1.165) is 0 Å². The smallest absolute Gasteiger partial charge is 0.104 e. The lowest BCUT2D eigenvalue weighted by atomic mass is 10.1. The Labute approximate surface area is 76.4 Å². The van der Waals surface area contributed by atoms with Crippen LogP contribution in [-0.4, -0.2) is 11.7 Å². The minimum absolute atomic E-state index is 0.181. The van der Waals surface area contributed by atoms with Crippen LogP contribution in [0, 0.1) is 23.2 Å². The standard InChI is InChI=1S/C10H8N2O/c11-7-9-4-3-8(2-1-5-13)6-10(9)12/h3-4,6,13H,5,12H2. The van der Waals surface area contributed by atoms with Crippen LogP contribution in [0.2, 0.25) is 0 Å². The molecule has 0 unspecified atom stereocenters. The summed E-state index contributed by atoms with van der Waals surface area (Å²) in [6.45, 7) is -0.181. The van der Waals surface area contributed by atoms with Gasteiger partial charge in [-0.2, -0.15) is 5.26 Å². The van der Waals surface area contributed by atoms with Crippen molar-refractivity contribution in [3.05, 3.63) is 29.3 Å². The maximum Gasteiger partial charge on any atom is 0.104 e. The lowest BCUT2D eigenvalue weighted by Gasteiger charge is -1.96. The van der Waals surface area contributed by atoms with Crippen molar-refractivity contribution in [2.75, 3.05) is 12.3 Å². The van der Waals surface area contributed by atoms with Gasteiger partial charge in [0.1, 0.15) is 12.7 Å². The van der Waals surface area contributed by atoms with Crippen LogP contribution >= 0.6 is 0 Å². The van der Waals surface area contributed by atoms with Crippen molar-refractivity contribution >= 4 is 5.69 Å². The Bertz CT molecular complexity index is 407. The summed E-state index contributed by atoms with van der Waals surface area (Å²) in [7, 11) is 0. The molecule has 0 saturated carbocycles. The second-order valence-corrected chi connectivity index (χ2v) is 2.37. The summed E-state index contributed by atoms with van der Waals surface area (Å²) in [4.78, 5) is 0. The number of hydrogen-bond donors (Lipinski definition) is 2. The number of nitrogens with two attached hydrogens (primary N) is 1. The first-order valence-electron chi connectivity index (χ1n) is 3.67. The van der Waals surface area contributed by atoms with E-state index in [2.05, 4.69) is 11.8 Å². The molecule has 0 amide bonds. The van der Waals surface area contributed by atoms with E-state index in [0.29, 0.717) is 16.8 Å². The average molecular weight is 172 g/mol. The van der Waals surface area contributed by atoms with Gasteiger partial charge >= 0.3 is 0 Å². The van der Waals surface area contributed by atoms with E-state index in [1.54, 1.807) is 18.2 Å². The van der Waals surface area contributed by atoms with E-state index in [1.165, 1.54) is 0 Å². The largest absolute Gasteiger partial charge is 0.398 e. The van der Waals surface area contributed by atoms with Gasteiger partial charge in [-0.25, -0.2) is 0 Å². The van der Waals surface area contributed by atoms with Crippen LogP contribution in [0.1, 0.15) is 11.1 Å². The molecule has 0 fully saturated rings. The lowest BCUT2D eigenvalue weighted by molar-refractivity contribution is 0.350. The van der Waals surface area contributed by atoms with Gasteiger partial charge in [0.05, 0.1) is 11.3 Å². The SMILES string of the molecule is N#Cc1ccc(C#CCO)cc1N. The monoisotopic (exact) mass is 172 g/mol. The highest BCUT2D eigenvalue weighted by molar-refractivity contribution is 5.58. The first kappa shape index (κ1) is 9.12. The van der Waals surface area contributed by atoms with Crippen molar-refractivity contribution < 1.29 is 5.11 Å². The van der Waals surface area contributed by atoms with Crippen LogP contribution in [0.5, 0.6) is 0 Å².